The van der Waals surface area contributed by atoms with Gasteiger partial charge < -0.3 is 48.4 Å². The van der Waals surface area contributed by atoms with Gasteiger partial charge in [-0.05, 0) is 105 Å². The number of fused-ring (bicyclic) bond motifs is 3. The van der Waals surface area contributed by atoms with Crippen LogP contribution in [0.25, 0.3) is 0 Å². The van der Waals surface area contributed by atoms with Crippen LogP contribution in [0.1, 0.15) is 94.1 Å². The molecular weight excluding hydrogens is 753 g/mol. The third-order valence-corrected chi connectivity index (χ3v) is 12.8. The Hall–Kier alpha value is -4.36. The molecule has 0 bridgehead atoms. The van der Waals surface area contributed by atoms with E-state index in [1.165, 1.54) is 0 Å². The third-order valence-electron chi connectivity index (χ3n) is 12.8. The van der Waals surface area contributed by atoms with Crippen molar-refractivity contribution in [3.63, 3.8) is 0 Å². The van der Waals surface area contributed by atoms with Crippen molar-refractivity contribution < 1.29 is 48.3 Å². The Morgan fingerprint density at radius 2 is 1.73 bits per heavy atom. The Bertz CT molecular complexity index is 1870. The molecule has 0 aromatic heterocycles. The highest BCUT2D eigenvalue weighted by atomic mass is 16.8. The molecule has 3 aliphatic heterocycles. The molecule has 6 aliphatic rings. The molecule has 12 heteroatoms. The molecule has 1 saturated heterocycles. The van der Waals surface area contributed by atoms with Crippen molar-refractivity contribution in [2.75, 3.05) is 39.8 Å². The second kappa shape index (κ2) is 18.9. The van der Waals surface area contributed by atoms with E-state index in [2.05, 4.69) is 25.3 Å². The summed E-state index contributed by atoms with van der Waals surface area (Å²) in [5.74, 6) is 0.954. The molecular formula is C47H60N2O10. The van der Waals surface area contributed by atoms with E-state index in [1.807, 2.05) is 35.2 Å². The summed E-state index contributed by atoms with van der Waals surface area (Å²) in [4.78, 5) is 23.2. The maximum atomic E-state index is 14.9. The molecule has 7 atom stereocenters. The summed E-state index contributed by atoms with van der Waals surface area (Å²) in [6.07, 6.45) is 14.8. The first-order valence-electron chi connectivity index (χ1n) is 21.8. The van der Waals surface area contributed by atoms with Crippen LogP contribution in [-0.2, 0) is 25.7 Å². The van der Waals surface area contributed by atoms with E-state index >= 15 is 0 Å². The summed E-state index contributed by atoms with van der Waals surface area (Å²) in [5, 5.41) is 24.8. The maximum Gasteiger partial charge on any atom is 0.239 e. The predicted molar refractivity (Wildman–Crippen MR) is 221 cm³/mol. The Morgan fingerprint density at radius 3 is 2.49 bits per heavy atom. The predicted octanol–water partition coefficient (Wildman–Crippen LogP) is 7.58. The van der Waals surface area contributed by atoms with Crippen molar-refractivity contribution in [3.8, 4) is 23.0 Å². The summed E-state index contributed by atoms with van der Waals surface area (Å²) < 4.78 is 38.2. The molecule has 0 radical (unpaired) electrons. The van der Waals surface area contributed by atoms with Crippen LogP contribution in [0, 0.1) is 23.7 Å². The fourth-order valence-corrected chi connectivity index (χ4v) is 9.95. The van der Waals surface area contributed by atoms with Crippen molar-refractivity contribution in [3.05, 3.63) is 84.5 Å². The molecule has 2 aromatic rings. The second-order valence-corrected chi connectivity index (χ2v) is 16.7. The standard InChI is InChI=1S/C47H60N2O10/c1-3-22-53-34-17-19-39-37(27-34)44-35(12-6-9-21-51)33(11-5-8-20-50)26-36-38(48-59-43-13-7-10-24-54-43)28-42(47(58-39,45(36)44)57-23-4-2)49(46(52)32-15-16-32)29-31-14-18-40-41(25-31)56-30-55-40/h3-4,14,17-19,25-27,32-33,35,42-45,50-51H,1-2,5-13,15-16,20-24,28-30H2. The van der Waals surface area contributed by atoms with Crippen LogP contribution in [0.3, 0.4) is 0 Å². The Labute approximate surface area is 347 Å². The highest BCUT2D eigenvalue weighted by Gasteiger charge is 2.66. The number of benzene rings is 2. The van der Waals surface area contributed by atoms with Gasteiger partial charge in [-0.1, -0.05) is 48.9 Å². The van der Waals surface area contributed by atoms with Crippen LogP contribution >= 0.6 is 0 Å². The van der Waals surface area contributed by atoms with Crippen molar-refractivity contribution >= 4 is 11.6 Å². The Balaban J connectivity index is 1.32. The van der Waals surface area contributed by atoms with Gasteiger partial charge in [-0.2, -0.15) is 0 Å². The van der Waals surface area contributed by atoms with Gasteiger partial charge in [0.25, 0.3) is 0 Å². The van der Waals surface area contributed by atoms with E-state index in [1.54, 1.807) is 12.2 Å². The van der Waals surface area contributed by atoms with Crippen LogP contribution in [0.2, 0.25) is 0 Å². The van der Waals surface area contributed by atoms with Crippen LogP contribution in [0.5, 0.6) is 23.0 Å². The average Bonchev–Trinajstić information content (AvgIpc) is 4.01. The van der Waals surface area contributed by atoms with Gasteiger partial charge in [-0.3, -0.25) is 4.79 Å². The Morgan fingerprint density at radius 1 is 0.932 bits per heavy atom. The fourth-order valence-electron chi connectivity index (χ4n) is 9.95. The van der Waals surface area contributed by atoms with Crippen LogP contribution in [-0.4, -0.2) is 84.7 Å². The summed E-state index contributed by atoms with van der Waals surface area (Å²) in [5.41, 5.74) is 3.65. The van der Waals surface area contributed by atoms with Crippen LogP contribution in [0.15, 0.2) is 78.5 Å². The number of hydrogen-bond acceptors (Lipinski definition) is 11. The highest BCUT2D eigenvalue weighted by Crippen LogP contribution is 2.62. The minimum Gasteiger partial charge on any atom is -0.490 e. The zero-order chi connectivity index (χ0) is 40.8. The minimum atomic E-state index is -1.35. The molecule has 8 rings (SSSR count). The number of aliphatic hydroxyl groups is 2. The van der Waals surface area contributed by atoms with Crippen LogP contribution in [0.4, 0.5) is 0 Å². The molecule has 12 nitrogen and oxygen atoms in total. The number of aliphatic hydroxyl groups excluding tert-OH is 2. The normalized spacial score (nSPS) is 28.4. The molecule has 0 spiro atoms. The lowest BCUT2D eigenvalue weighted by Crippen LogP contribution is -2.70. The number of oxime groups is 1. The number of allylic oxidation sites excluding steroid dienone is 1. The molecule has 1 amide bonds. The van der Waals surface area contributed by atoms with Crippen LogP contribution < -0.4 is 18.9 Å². The van der Waals surface area contributed by atoms with E-state index in [0.29, 0.717) is 62.0 Å². The molecule has 59 heavy (non-hydrogen) atoms. The first-order chi connectivity index (χ1) is 29.0. The van der Waals surface area contributed by atoms with Crippen molar-refractivity contribution in [2.45, 2.75) is 108 Å². The van der Waals surface area contributed by atoms with Gasteiger partial charge in [0.1, 0.15) is 24.1 Å². The summed E-state index contributed by atoms with van der Waals surface area (Å²) >= 11 is 0. The lowest BCUT2D eigenvalue weighted by molar-refractivity contribution is -0.258. The molecule has 318 valence electrons. The van der Waals surface area contributed by atoms with Gasteiger partial charge in [0.15, 0.2) is 11.5 Å². The fraction of sp³-hybridized carbons (Fsp3) is 0.574. The summed E-state index contributed by atoms with van der Waals surface area (Å²) in [7, 11) is 0. The molecule has 2 saturated carbocycles. The average molecular weight is 813 g/mol. The number of nitrogens with zero attached hydrogens (tertiary/aromatic N) is 2. The smallest absolute Gasteiger partial charge is 0.239 e. The van der Waals surface area contributed by atoms with E-state index in [0.717, 1.165) is 80.2 Å². The first-order valence-corrected chi connectivity index (χ1v) is 21.8. The highest BCUT2D eigenvalue weighted by molar-refractivity contribution is 6.03. The van der Waals surface area contributed by atoms with Crippen molar-refractivity contribution in [1.82, 2.24) is 4.90 Å². The quantitative estimate of drug-likeness (QED) is 0.0782. The Kier molecular flexibility index (Phi) is 13.3. The molecule has 2 N–H and O–H groups in total. The summed E-state index contributed by atoms with van der Waals surface area (Å²) in [6, 6.07) is 11.2. The van der Waals surface area contributed by atoms with Gasteiger partial charge in [0, 0.05) is 50.0 Å². The first kappa shape index (κ1) is 41.4. The topological polar surface area (TPSA) is 138 Å². The van der Waals surface area contributed by atoms with Gasteiger partial charge >= 0.3 is 0 Å². The molecule has 3 fully saturated rings. The third kappa shape index (κ3) is 8.78. The number of ether oxygens (including phenoxy) is 6. The number of amides is 1. The lowest BCUT2D eigenvalue weighted by atomic mass is 9.55. The van der Waals surface area contributed by atoms with Crippen molar-refractivity contribution in [2.24, 2.45) is 28.8 Å². The number of unbranched alkanes of at least 4 members (excludes halogenated alkanes) is 2. The number of rotatable bonds is 20. The van der Waals surface area contributed by atoms with Crippen molar-refractivity contribution in [1.29, 1.82) is 0 Å². The minimum absolute atomic E-state index is 0.0499. The monoisotopic (exact) mass is 812 g/mol. The molecule has 3 heterocycles. The zero-order valence-corrected chi connectivity index (χ0v) is 34.1. The van der Waals surface area contributed by atoms with E-state index in [-0.39, 0.29) is 56.2 Å². The largest absolute Gasteiger partial charge is 0.490 e. The van der Waals surface area contributed by atoms with E-state index < -0.39 is 24.0 Å². The number of hydrogen-bond donors (Lipinski definition) is 2. The number of carbonyl (C=O) groups is 1. The van der Waals surface area contributed by atoms with E-state index in [9.17, 15) is 15.0 Å². The maximum absolute atomic E-state index is 14.9. The van der Waals surface area contributed by atoms with Gasteiger partial charge in [-0.25, -0.2) is 0 Å². The molecule has 3 aliphatic carbocycles. The second-order valence-electron chi connectivity index (χ2n) is 16.7. The lowest BCUT2D eigenvalue weighted by Gasteiger charge is -2.60. The molecule has 2 aromatic carbocycles. The zero-order valence-electron chi connectivity index (χ0n) is 34.1. The van der Waals surface area contributed by atoms with Gasteiger partial charge in [-0.15, -0.1) is 6.58 Å². The van der Waals surface area contributed by atoms with Gasteiger partial charge in [0.2, 0.25) is 24.8 Å². The molecule has 7 unspecified atom stereocenters. The number of carbonyl (C=O) groups excluding carboxylic acids is 1. The SMILES string of the molecule is C=CCOc1ccc2c(c1)C1C(CCCCO)C(CCCCO)C=C3C(=NOC4CCCCO4)CC(N(Cc4ccc5c(c4)OCO5)C(=O)C4CC4)C(OCC=C)(O2)C31. The summed E-state index contributed by atoms with van der Waals surface area (Å²) in [6.45, 7) is 9.78. The van der Waals surface area contributed by atoms with E-state index in [4.69, 9.17) is 38.4 Å². The van der Waals surface area contributed by atoms with Gasteiger partial charge in [0.05, 0.1) is 24.8 Å².